The molecule has 186 valence electrons. The summed E-state index contributed by atoms with van der Waals surface area (Å²) < 4.78 is 21.6. The molecule has 1 saturated heterocycles. The Labute approximate surface area is 197 Å². The highest BCUT2D eigenvalue weighted by Gasteiger charge is 2.48. The minimum atomic E-state index is -0.649. The molecular formula is C25H39NO7. The predicted octanol–water partition coefficient (Wildman–Crippen LogP) is 3.93. The number of benzene rings is 1. The number of likely N-dealkylation sites (tertiary alicyclic amines) is 1. The Morgan fingerprint density at radius 1 is 1.09 bits per heavy atom. The molecule has 1 aliphatic heterocycles. The van der Waals surface area contributed by atoms with E-state index in [1.165, 1.54) is 7.11 Å². The van der Waals surface area contributed by atoms with E-state index in [-0.39, 0.29) is 24.7 Å². The Bertz CT molecular complexity index is 744. The fourth-order valence-corrected chi connectivity index (χ4v) is 4.25. The molecule has 1 aromatic carbocycles. The van der Waals surface area contributed by atoms with Crippen LogP contribution >= 0.6 is 0 Å². The van der Waals surface area contributed by atoms with Gasteiger partial charge in [0, 0.05) is 25.3 Å². The summed E-state index contributed by atoms with van der Waals surface area (Å²) in [6, 6.07) is 7.16. The summed E-state index contributed by atoms with van der Waals surface area (Å²) >= 11 is 0. The van der Waals surface area contributed by atoms with Crippen molar-refractivity contribution in [1.82, 2.24) is 4.90 Å². The van der Waals surface area contributed by atoms with Crippen molar-refractivity contribution in [1.29, 1.82) is 0 Å². The van der Waals surface area contributed by atoms with Crippen molar-refractivity contribution in [3.05, 3.63) is 29.8 Å². The van der Waals surface area contributed by atoms with Gasteiger partial charge >= 0.3 is 12.1 Å². The molecule has 8 heteroatoms. The lowest BCUT2D eigenvalue weighted by molar-refractivity contribution is -0.146. The first-order chi connectivity index (χ1) is 15.7. The number of aliphatic hydroxyl groups excluding tert-OH is 1. The molecule has 1 amide bonds. The average molecular weight is 466 g/mol. The van der Waals surface area contributed by atoms with E-state index >= 15 is 0 Å². The van der Waals surface area contributed by atoms with E-state index in [1.54, 1.807) is 12.0 Å². The van der Waals surface area contributed by atoms with E-state index in [0.717, 1.165) is 24.2 Å². The van der Waals surface area contributed by atoms with Crippen LogP contribution in [0.1, 0.15) is 58.4 Å². The van der Waals surface area contributed by atoms with Crippen LogP contribution in [0, 0.1) is 5.92 Å². The van der Waals surface area contributed by atoms with Crippen molar-refractivity contribution in [2.24, 2.45) is 5.92 Å². The van der Waals surface area contributed by atoms with Crippen LogP contribution in [0.2, 0.25) is 0 Å². The van der Waals surface area contributed by atoms with Crippen LogP contribution in [0.3, 0.4) is 0 Å². The van der Waals surface area contributed by atoms with Crippen molar-refractivity contribution >= 4 is 12.1 Å². The minimum Gasteiger partial charge on any atom is -0.497 e. The maximum atomic E-state index is 13.0. The van der Waals surface area contributed by atoms with Crippen LogP contribution in [0.25, 0.3) is 0 Å². The molecule has 3 atom stereocenters. The third kappa shape index (κ3) is 8.19. The van der Waals surface area contributed by atoms with Gasteiger partial charge in [-0.2, -0.15) is 0 Å². The molecule has 0 aromatic heterocycles. The number of carbonyl (C=O) groups is 2. The summed E-state index contributed by atoms with van der Waals surface area (Å²) in [5.41, 5.74) is 0.421. The minimum absolute atomic E-state index is 0.0657. The van der Waals surface area contributed by atoms with Crippen molar-refractivity contribution in [2.75, 3.05) is 27.4 Å². The van der Waals surface area contributed by atoms with E-state index < -0.39 is 17.6 Å². The van der Waals surface area contributed by atoms with Crippen LogP contribution in [0.5, 0.6) is 5.75 Å². The predicted molar refractivity (Wildman–Crippen MR) is 124 cm³/mol. The Kier molecular flexibility index (Phi) is 10.4. The van der Waals surface area contributed by atoms with Crippen LogP contribution in [0.15, 0.2) is 24.3 Å². The molecule has 8 nitrogen and oxygen atoms in total. The summed E-state index contributed by atoms with van der Waals surface area (Å²) in [7, 11) is 3.00. The van der Waals surface area contributed by atoms with Gasteiger partial charge in [0.05, 0.1) is 26.7 Å². The number of unbranched alkanes of at least 4 members (excludes halogenated alkanes) is 1. The van der Waals surface area contributed by atoms with Gasteiger partial charge < -0.3 is 29.0 Å². The zero-order chi connectivity index (χ0) is 24.4. The molecule has 1 fully saturated rings. The second kappa shape index (κ2) is 12.8. The van der Waals surface area contributed by atoms with Crippen LogP contribution in [-0.2, 0) is 25.6 Å². The topological polar surface area (TPSA) is 94.5 Å². The Hall–Kier alpha value is -2.32. The normalized spacial score (nSPS) is 20.5. The third-order valence-electron chi connectivity index (χ3n) is 5.78. The van der Waals surface area contributed by atoms with E-state index in [4.69, 9.17) is 18.9 Å². The second-order valence-corrected chi connectivity index (χ2v) is 9.38. The molecule has 0 spiro atoms. The highest BCUT2D eigenvalue weighted by Crippen LogP contribution is 2.36. The molecule has 33 heavy (non-hydrogen) atoms. The highest BCUT2D eigenvalue weighted by atomic mass is 16.6. The Morgan fingerprint density at radius 3 is 2.36 bits per heavy atom. The first kappa shape index (κ1) is 26.9. The van der Waals surface area contributed by atoms with Crippen LogP contribution in [0.4, 0.5) is 4.79 Å². The number of hydrogen-bond donors (Lipinski definition) is 1. The maximum Gasteiger partial charge on any atom is 0.410 e. The summed E-state index contributed by atoms with van der Waals surface area (Å²) in [5.74, 6) is 0.0496. The van der Waals surface area contributed by atoms with Crippen molar-refractivity contribution < 1.29 is 33.6 Å². The molecule has 1 heterocycles. The summed E-state index contributed by atoms with van der Waals surface area (Å²) in [5, 5.41) is 9.51. The lowest BCUT2D eigenvalue weighted by atomic mass is 9.94. The summed E-state index contributed by atoms with van der Waals surface area (Å²) in [6.07, 6.45) is 2.62. The fourth-order valence-electron chi connectivity index (χ4n) is 4.25. The first-order valence-electron chi connectivity index (χ1n) is 11.6. The van der Waals surface area contributed by atoms with E-state index in [9.17, 15) is 14.7 Å². The number of rotatable bonds is 11. The van der Waals surface area contributed by atoms with E-state index in [1.807, 2.05) is 45.0 Å². The highest BCUT2D eigenvalue weighted by molar-refractivity contribution is 5.77. The molecule has 0 aliphatic carbocycles. The third-order valence-corrected chi connectivity index (χ3v) is 5.78. The molecule has 0 radical (unpaired) electrons. The molecule has 1 aromatic rings. The van der Waals surface area contributed by atoms with Crippen molar-refractivity contribution in [3.8, 4) is 5.75 Å². The molecule has 0 saturated carbocycles. The van der Waals surface area contributed by atoms with Gasteiger partial charge in [-0.1, -0.05) is 12.1 Å². The van der Waals surface area contributed by atoms with Gasteiger partial charge in [0.15, 0.2) is 0 Å². The van der Waals surface area contributed by atoms with Gasteiger partial charge in [0.2, 0.25) is 0 Å². The standard InChI is InChI=1S/C25H39NO7/c1-25(2,3)33-24(29)26-19(13-14-27)16-21(23(28)31-5)22(26)8-6-7-15-32-17-18-9-11-20(30-4)12-10-18/h9-12,19,21-22,27H,6-8,13-17H2,1-5H3/t19-,21-,22+/m1/s1. The number of ether oxygens (including phenoxy) is 4. The van der Waals surface area contributed by atoms with E-state index in [2.05, 4.69) is 0 Å². The lowest BCUT2D eigenvalue weighted by Crippen LogP contribution is -2.46. The molecule has 1 N–H and O–H groups in total. The fraction of sp³-hybridized carbons (Fsp3) is 0.680. The zero-order valence-electron chi connectivity index (χ0n) is 20.5. The SMILES string of the molecule is COC(=O)[C@@H]1C[C@@H](CCO)N(C(=O)OC(C)(C)C)[C@H]1CCCCOCc1ccc(OC)cc1. The van der Waals surface area contributed by atoms with E-state index in [0.29, 0.717) is 32.5 Å². The number of aliphatic hydroxyl groups is 1. The second-order valence-electron chi connectivity index (χ2n) is 9.38. The Morgan fingerprint density at radius 2 is 1.79 bits per heavy atom. The number of esters is 1. The lowest BCUT2D eigenvalue weighted by Gasteiger charge is -2.33. The largest absolute Gasteiger partial charge is 0.497 e. The molecule has 2 rings (SSSR count). The van der Waals surface area contributed by atoms with Crippen LogP contribution < -0.4 is 4.74 Å². The van der Waals surface area contributed by atoms with Gasteiger partial charge in [-0.25, -0.2) is 4.79 Å². The number of carbonyl (C=O) groups excluding carboxylic acids is 2. The maximum absolute atomic E-state index is 13.0. The Balaban J connectivity index is 1.94. The smallest absolute Gasteiger partial charge is 0.410 e. The number of hydrogen-bond acceptors (Lipinski definition) is 7. The molecule has 0 unspecified atom stereocenters. The quantitative estimate of drug-likeness (QED) is 0.391. The van der Waals surface area contributed by atoms with Gasteiger partial charge in [-0.15, -0.1) is 0 Å². The summed E-state index contributed by atoms with van der Waals surface area (Å²) in [6.45, 7) is 6.47. The van der Waals surface area contributed by atoms with Gasteiger partial charge in [0.25, 0.3) is 0 Å². The van der Waals surface area contributed by atoms with Crippen LogP contribution in [-0.4, -0.2) is 67.2 Å². The molecule has 0 bridgehead atoms. The number of nitrogens with zero attached hydrogens (tertiary/aromatic N) is 1. The van der Waals surface area contributed by atoms with Crippen molar-refractivity contribution in [2.45, 2.75) is 77.2 Å². The van der Waals surface area contributed by atoms with Crippen molar-refractivity contribution in [3.63, 3.8) is 0 Å². The number of amides is 1. The van der Waals surface area contributed by atoms with Gasteiger partial charge in [-0.3, -0.25) is 4.79 Å². The van der Waals surface area contributed by atoms with Gasteiger partial charge in [-0.05, 0) is 70.6 Å². The summed E-state index contributed by atoms with van der Waals surface area (Å²) in [4.78, 5) is 27.1. The van der Waals surface area contributed by atoms with Gasteiger partial charge in [0.1, 0.15) is 11.4 Å². The monoisotopic (exact) mass is 465 g/mol. The first-order valence-corrected chi connectivity index (χ1v) is 11.6. The number of methoxy groups -OCH3 is 2. The molecule has 1 aliphatic rings. The molecular weight excluding hydrogens is 426 g/mol. The average Bonchev–Trinajstić information content (AvgIpc) is 3.13. The zero-order valence-corrected chi connectivity index (χ0v) is 20.5.